The first-order chi connectivity index (χ1) is 10.8. The van der Waals surface area contributed by atoms with Crippen molar-refractivity contribution in [2.75, 3.05) is 0 Å². The highest BCUT2D eigenvalue weighted by Crippen LogP contribution is 2.33. The number of aromatic nitrogens is 1. The van der Waals surface area contributed by atoms with Gasteiger partial charge >= 0.3 is 0 Å². The van der Waals surface area contributed by atoms with Gasteiger partial charge in [0, 0.05) is 21.5 Å². The highest BCUT2D eigenvalue weighted by Gasteiger charge is 2.10. The van der Waals surface area contributed by atoms with Crippen molar-refractivity contribution in [1.82, 2.24) is 4.98 Å². The van der Waals surface area contributed by atoms with Gasteiger partial charge in [0.05, 0.1) is 5.69 Å². The first kappa shape index (κ1) is 15.0. The number of aryl methyl sites for hydroxylation is 2. The summed E-state index contributed by atoms with van der Waals surface area (Å²) in [5, 5.41) is 0. The van der Waals surface area contributed by atoms with E-state index < -0.39 is 0 Å². The van der Waals surface area contributed by atoms with Crippen LogP contribution in [-0.4, -0.2) is 4.98 Å². The Morgan fingerprint density at radius 2 is 1.86 bits per heavy atom. The average molecular weight is 307 g/mol. The Bertz CT molecular complexity index is 743. The van der Waals surface area contributed by atoms with Crippen molar-refractivity contribution in [3.8, 4) is 21.7 Å². The molecule has 0 saturated carbocycles. The Balaban J connectivity index is 2.06. The second-order valence-corrected chi connectivity index (χ2v) is 6.89. The fourth-order valence-electron chi connectivity index (χ4n) is 2.63. The largest absolute Gasteiger partial charge is 0.256 e. The number of rotatable bonds is 5. The van der Waals surface area contributed by atoms with Gasteiger partial charge in [-0.05, 0) is 49.1 Å². The molecule has 0 fully saturated rings. The summed E-state index contributed by atoms with van der Waals surface area (Å²) < 4.78 is 0. The number of unbranched alkanes of at least 4 members (excludes halogenated alkanes) is 1. The first-order valence-corrected chi connectivity index (χ1v) is 8.70. The molecule has 22 heavy (non-hydrogen) atoms. The minimum Gasteiger partial charge on any atom is -0.256 e. The Morgan fingerprint density at radius 3 is 2.55 bits per heavy atom. The summed E-state index contributed by atoms with van der Waals surface area (Å²) in [6.07, 6.45) is 5.60. The van der Waals surface area contributed by atoms with Crippen molar-refractivity contribution >= 4 is 11.3 Å². The van der Waals surface area contributed by atoms with Crippen LogP contribution in [0.5, 0.6) is 0 Å². The standard InChI is InChI=1S/C20H21NS/c1-3-4-8-17-14-21-19(16-9-6-5-7-10-16)13-18(17)20-12-11-15(2)22-20/h5-7,9-14H,3-4,8H2,1-2H3. The summed E-state index contributed by atoms with van der Waals surface area (Å²) >= 11 is 1.86. The number of thiophene rings is 1. The Morgan fingerprint density at radius 1 is 1.05 bits per heavy atom. The van der Waals surface area contributed by atoms with Gasteiger partial charge in [-0.25, -0.2) is 0 Å². The van der Waals surface area contributed by atoms with Gasteiger partial charge in [0.1, 0.15) is 0 Å². The van der Waals surface area contributed by atoms with Crippen LogP contribution >= 0.6 is 11.3 Å². The number of benzene rings is 1. The van der Waals surface area contributed by atoms with Gasteiger partial charge in [-0.1, -0.05) is 43.7 Å². The van der Waals surface area contributed by atoms with Crippen LogP contribution in [-0.2, 0) is 6.42 Å². The van der Waals surface area contributed by atoms with E-state index in [9.17, 15) is 0 Å². The lowest BCUT2D eigenvalue weighted by Crippen LogP contribution is -1.93. The minimum atomic E-state index is 1.06. The van der Waals surface area contributed by atoms with Crippen LogP contribution in [0, 0.1) is 6.92 Å². The monoisotopic (exact) mass is 307 g/mol. The number of pyridine rings is 1. The molecule has 1 nitrogen and oxygen atoms in total. The summed E-state index contributed by atoms with van der Waals surface area (Å²) in [6.45, 7) is 4.40. The maximum atomic E-state index is 4.70. The Labute approximate surface area is 136 Å². The second-order valence-electron chi connectivity index (χ2n) is 5.61. The van der Waals surface area contributed by atoms with Gasteiger partial charge in [-0.15, -0.1) is 11.3 Å². The Hall–Kier alpha value is -1.93. The van der Waals surface area contributed by atoms with Gasteiger partial charge in [-0.2, -0.15) is 0 Å². The molecule has 112 valence electrons. The molecule has 0 spiro atoms. The van der Waals surface area contributed by atoms with Gasteiger partial charge < -0.3 is 0 Å². The molecule has 0 aliphatic carbocycles. The lowest BCUT2D eigenvalue weighted by Gasteiger charge is -2.10. The van der Waals surface area contributed by atoms with Crippen molar-refractivity contribution in [3.63, 3.8) is 0 Å². The zero-order valence-corrected chi connectivity index (χ0v) is 14.0. The van der Waals surface area contributed by atoms with Crippen LogP contribution < -0.4 is 0 Å². The molecule has 2 heteroatoms. The first-order valence-electron chi connectivity index (χ1n) is 7.89. The van der Waals surface area contributed by atoms with Crippen molar-refractivity contribution in [3.05, 3.63) is 65.2 Å². The molecule has 0 radical (unpaired) electrons. The van der Waals surface area contributed by atoms with E-state index in [1.807, 2.05) is 17.4 Å². The summed E-state index contributed by atoms with van der Waals surface area (Å²) in [4.78, 5) is 7.41. The average Bonchev–Trinajstić information content (AvgIpc) is 3.00. The molecular weight excluding hydrogens is 286 g/mol. The van der Waals surface area contributed by atoms with Crippen LogP contribution in [0.1, 0.15) is 30.2 Å². The molecule has 2 aromatic heterocycles. The SMILES string of the molecule is CCCCc1cnc(-c2ccccc2)cc1-c1ccc(C)s1. The smallest absolute Gasteiger partial charge is 0.0708 e. The summed E-state index contributed by atoms with van der Waals surface area (Å²) in [5.74, 6) is 0. The van der Waals surface area contributed by atoms with Crippen LogP contribution in [0.25, 0.3) is 21.7 Å². The van der Waals surface area contributed by atoms with E-state index in [4.69, 9.17) is 4.98 Å². The Kier molecular flexibility index (Phi) is 4.69. The summed E-state index contributed by atoms with van der Waals surface area (Å²) in [6, 6.07) is 17.1. The van der Waals surface area contributed by atoms with Crippen molar-refractivity contribution < 1.29 is 0 Å². The molecule has 0 atom stereocenters. The molecule has 0 aliphatic heterocycles. The van der Waals surface area contributed by atoms with Crippen LogP contribution in [0.4, 0.5) is 0 Å². The van der Waals surface area contributed by atoms with Gasteiger partial charge in [0.2, 0.25) is 0 Å². The minimum absolute atomic E-state index is 1.06. The maximum absolute atomic E-state index is 4.70. The van der Waals surface area contributed by atoms with E-state index in [1.54, 1.807) is 0 Å². The van der Waals surface area contributed by atoms with E-state index in [2.05, 4.69) is 62.5 Å². The second kappa shape index (κ2) is 6.89. The zero-order chi connectivity index (χ0) is 15.4. The molecule has 0 saturated heterocycles. The third kappa shape index (κ3) is 3.28. The third-order valence-electron chi connectivity index (χ3n) is 3.86. The molecule has 0 aliphatic rings. The van der Waals surface area contributed by atoms with E-state index in [-0.39, 0.29) is 0 Å². The van der Waals surface area contributed by atoms with E-state index in [0.29, 0.717) is 0 Å². The van der Waals surface area contributed by atoms with Gasteiger partial charge in [0.15, 0.2) is 0 Å². The molecule has 3 rings (SSSR count). The number of hydrogen-bond acceptors (Lipinski definition) is 2. The quantitative estimate of drug-likeness (QED) is 0.552. The predicted molar refractivity (Wildman–Crippen MR) is 96.3 cm³/mol. The molecule has 3 aromatic rings. The fraction of sp³-hybridized carbons (Fsp3) is 0.250. The van der Waals surface area contributed by atoms with Gasteiger partial charge in [-0.3, -0.25) is 4.98 Å². The maximum Gasteiger partial charge on any atom is 0.0708 e. The van der Waals surface area contributed by atoms with Crippen molar-refractivity contribution in [2.45, 2.75) is 33.1 Å². The summed E-state index contributed by atoms with van der Waals surface area (Å²) in [7, 11) is 0. The molecule has 0 bridgehead atoms. The number of nitrogens with zero attached hydrogens (tertiary/aromatic N) is 1. The highest BCUT2D eigenvalue weighted by molar-refractivity contribution is 7.15. The molecule has 2 heterocycles. The fourth-order valence-corrected chi connectivity index (χ4v) is 3.54. The highest BCUT2D eigenvalue weighted by atomic mass is 32.1. The van der Waals surface area contributed by atoms with Crippen LogP contribution in [0.15, 0.2) is 54.7 Å². The van der Waals surface area contributed by atoms with Gasteiger partial charge in [0.25, 0.3) is 0 Å². The third-order valence-corrected chi connectivity index (χ3v) is 4.90. The molecule has 0 amide bonds. The predicted octanol–water partition coefficient (Wildman–Crippen LogP) is 6.13. The molecule has 1 aromatic carbocycles. The lowest BCUT2D eigenvalue weighted by molar-refractivity contribution is 0.793. The molecular formula is C20H21NS. The topological polar surface area (TPSA) is 12.9 Å². The van der Waals surface area contributed by atoms with E-state index in [0.717, 1.165) is 12.1 Å². The molecule has 0 unspecified atom stereocenters. The van der Waals surface area contributed by atoms with Crippen molar-refractivity contribution in [2.24, 2.45) is 0 Å². The van der Waals surface area contributed by atoms with Crippen LogP contribution in [0.2, 0.25) is 0 Å². The zero-order valence-electron chi connectivity index (χ0n) is 13.2. The van der Waals surface area contributed by atoms with E-state index in [1.165, 1.54) is 39.3 Å². The van der Waals surface area contributed by atoms with Crippen molar-refractivity contribution in [1.29, 1.82) is 0 Å². The summed E-state index contributed by atoms with van der Waals surface area (Å²) in [5.41, 5.74) is 4.95. The molecule has 0 N–H and O–H groups in total. The van der Waals surface area contributed by atoms with Crippen LogP contribution in [0.3, 0.4) is 0 Å². The lowest BCUT2D eigenvalue weighted by atomic mass is 10.0. The number of hydrogen-bond donors (Lipinski definition) is 0. The normalized spacial score (nSPS) is 10.8. The van der Waals surface area contributed by atoms with E-state index >= 15 is 0 Å².